The molecule has 0 bridgehead atoms. The number of benzene rings is 2. The smallest absolute Gasteiger partial charge is 0.236 e. The van der Waals surface area contributed by atoms with Crippen LogP contribution in [0.15, 0.2) is 60.8 Å². The Morgan fingerprint density at radius 2 is 2.03 bits per heavy atom. The third-order valence-electron chi connectivity index (χ3n) is 6.41. The van der Waals surface area contributed by atoms with Gasteiger partial charge in [-0.2, -0.15) is 10.4 Å². The van der Waals surface area contributed by atoms with E-state index >= 15 is 0 Å². The second-order valence-electron chi connectivity index (χ2n) is 8.75. The Balaban J connectivity index is 1.52. The molecule has 8 heteroatoms. The average molecular weight is 467 g/mol. The largest absolute Gasteiger partial charge is 0.457 e. The highest BCUT2D eigenvalue weighted by Crippen LogP contribution is 2.37. The van der Waals surface area contributed by atoms with Gasteiger partial charge in [-0.1, -0.05) is 18.2 Å². The van der Waals surface area contributed by atoms with Crippen molar-refractivity contribution in [2.24, 2.45) is 0 Å². The number of pyridine rings is 1. The summed E-state index contributed by atoms with van der Waals surface area (Å²) in [5.41, 5.74) is 9.94. The van der Waals surface area contributed by atoms with Crippen molar-refractivity contribution in [2.75, 3.05) is 18.8 Å². The lowest BCUT2D eigenvalue weighted by atomic mass is 10.0. The Labute approximate surface area is 203 Å². The first-order valence-corrected chi connectivity index (χ1v) is 11.7. The van der Waals surface area contributed by atoms with Crippen molar-refractivity contribution in [1.29, 1.82) is 5.26 Å². The Morgan fingerprint density at radius 1 is 1.20 bits per heavy atom. The van der Waals surface area contributed by atoms with Crippen LogP contribution in [-0.4, -0.2) is 38.7 Å². The molecule has 0 aliphatic carbocycles. The molecule has 35 heavy (non-hydrogen) atoms. The molecule has 1 aliphatic heterocycles. The topological polar surface area (TPSA) is 110 Å². The second-order valence-corrected chi connectivity index (χ2v) is 8.75. The Kier molecular flexibility index (Phi) is 6.06. The molecule has 2 N–H and O–H groups in total. The molecule has 0 saturated carbocycles. The normalized spacial score (nSPS) is 15.7. The maximum Gasteiger partial charge on any atom is 0.236 e. The zero-order valence-electron chi connectivity index (χ0n) is 19.5. The molecule has 5 rings (SSSR count). The van der Waals surface area contributed by atoms with Crippen LogP contribution in [-0.2, 0) is 4.79 Å². The molecule has 176 valence electrons. The molecule has 2 aromatic heterocycles. The third-order valence-corrected chi connectivity index (χ3v) is 6.41. The van der Waals surface area contributed by atoms with Crippen molar-refractivity contribution in [2.45, 2.75) is 32.2 Å². The number of rotatable bonds is 5. The van der Waals surface area contributed by atoms with Crippen LogP contribution in [0.3, 0.4) is 0 Å². The van der Waals surface area contributed by atoms with Gasteiger partial charge in [-0.15, -0.1) is 0 Å². The summed E-state index contributed by atoms with van der Waals surface area (Å²) in [7, 11) is 0. The van der Waals surface area contributed by atoms with Gasteiger partial charge in [0.15, 0.2) is 0 Å². The molecule has 4 aromatic rings. The Morgan fingerprint density at radius 3 is 2.80 bits per heavy atom. The first-order chi connectivity index (χ1) is 17.0. The summed E-state index contributed by atoms with van der Waals surface area (Å²) < 4.78 is 7.97. The minimum Gasteiger partial charge on any atom is -0.457 e. The number of nitrogens with zero attached hydrogens (tertiary/aromatic N) is 5. The molecule has 0 radical (unpaired) electrons. The standard InChI is InChI=1S/C27H26N6O2/c1-18-16-21(35-20-7-3-2-4-8-20)9-10-22(18)26-25-23(12-14-30-27(25)29)33(31-26)19-6-5-15-32(17-19)24(34)11-13-28/h2-4,7-10,12,14,16,19H,5-6,11,15,17H2,1H3,(H2,29,30)/t19-/m1/s1. The number of hydrogen-bond donors (Lipinski definition) is 1. The van der Waals surface area contributed by atoms with Crippen LogP contribution < -0.4 is 10.5 Å². The van der Waals surface area contributed by atoms with Crippen LogP contribution in [0, 0.1) is 18.3 Å². The fourth-order valence-electron chi connectivity index (χ4n) is 4.73. The van der Waals surface area contributed by atoms with Crippen molar-refractivity contribution in [3.63, 3.8) is 0 Å². The van der Waals surface area contributed by atoms with Gasteiger partial charge in [0.2, 0.25) is 5.91 Å². The monoisotopic (exact) mass is 466 g/mol. The Bertz CT molecular complexity index is 1420. The van der Waals surface area contributed by atoms with Gasteiger partial charge in [0.05, 0.1) is 23.0 Å². The lowest BCUT2D eigenvalue weighted by Gasteiger charge is -2.32. The first kappa shape index (κ1) is 22.4. The molecule has 0 spiro atoms. The van der Waals surface area contributed by atoms with Crippen LogP contribution in [0.2, 0.25) is 0 Å². The van der Waals surface area contributed by atoms with Gasteiger partial charge >= 0.3 is 0 Å². The van der Waals surface area contributed by atoms with E-state index in [1.807, 2.05) is 72.3 Å². The Hall–Kier alpha value is -4.38. The number of carbonyl (C=O) groups is 1. The lowest BCUT2D eigenvalue weighted by molar-refractivity contribution is -0.131. The van der Waals surface area contributed by atoms with Gasteiger partial charge < -0.3 is 15.4 Å². The molecular formula is C27H26N6O2. The number of carbonyl (C=O) groups excluding carboxylic acids is 1. The number of likely N-dealkylation sites (tertiary alicyclic amines) is 1. The lowest BCUT2D eigenvalue weighted by Crippen LogP contribution is -2.40. The first-order valence-electron chi connectivity index (χ1n) is 11.7. The average Bonchev–Trinajstić information content (AvgIpc) is 3.26. The van der Waals surface area contributed by atoms with Crippen LogP contribution in [0.1, 0.15) is 30.9 Å². The number of nitriles is 1. The predicted octanol–water partition coefficient (Wildman–Crippen LogP) is 4.86. The van der Waals surface area contributed by atoms with Gasteiger partial charge in [-0.25, -0.2) is 4.98 Å². The summed E-state index contributed by atoms with van der Waals surface area (Å²) in [4.78, 5) is 18.4. The SMILES string of the molecule is Cc1cc(Oc2ccccc2)ccc1-c1nn([C@@H]2CCCN(C(=O)CC#N)C2)c2ccnc(N)c12. The molecule has 0 unspecified atom stereocenters. The summed E-state index contributed by atoms with van der Waals surface area (Å²) in [5, 5.41) is 14.7. The maximum atomic E-state index is 12.4. The third kappa shape index (κ3) is 4.41. The quantitative estimate of drug-likeness (QED) is 0.450. The fraction of sp³-hybridized carbons (Fsp3) is 0.259. The molecule has 8 nitrogen and oxygen atoms in total. The van der Waals surface area contributed by atoms with Crippen molar-refractivity contribution in [3.05, 3.63) is 66.4 Å². The number of aromatic nitrogens is 3. The predicted molar refractivity (Wildman–Crippen MR) is 134 cm³/mol. The number of para-hydroxylation sites is 1. The number of nitrogen functional groups attached to an aromatic ring is 1. The van der Waals surface area contributed by atoms with Crippen LogP contribution in [0.25, 0.3) is 22.2 Å². The number of amides is 1. The van der Waals surface area contributed by atoms with Crippen LogP contribution >= 0.6 is 0 Å². The molecule has 1 saturated heterocycles. The molecule has 2 aromatic carbocycles. The zero-order valence-corrected chi connectivity index (χ0v) is 19.5. The highest BCUT2D eigenvalue weighted by molar-refractivity contribution is 6.00. The van der Waals surface area contributed by atoms with E-state index in [-0.39, 0.29) is 18.4 Å². The van der Waals surface area contributed by atoms with E-state index in [0.717, 1.165) is 52.1 Å². The fourth-order valence-corrected chi connectivity index (χ4v) is 4.73. The maximum absolute atomic E-state index is 12.4. The van der Waals surface area contributed by atoms with E-state index in [1.165, 1.54) is 0 Å². The number of nitrogens with two attached hydrogens (primary N) is 1. The minimum absolute atomic E-state index is 0.00886. The van der Waals surface area contributed by atoms with E-state index < -0.39 is 0 Å². The van der Waals surface area contributed by atoms with Gasteiger partial charge in [0.25, 0.3) is 0 Å². The molecular weight excluding hydrogens is 440 g/mol. The molecule has 3 heterocycles. The van der Waals surface area contributed by atoms with Gasteiger partial charge in [0, 0.05) is 24.8 Å². The minimum atomic E-state index is -0.139. The number of ether oxygens (including phenoxy) is 1. The summed E-state index contributed by atoms with van der Waals surface area (Å²) in [5.74, 6) is 1.79. The summed E-state index contributed by atoms with van der Waals surface area (Å²) in [6.07, 6.45) is 3.32. The highest BCUT2D eigenvalue weighted by Gasteiger charge is 2.28. The van der Waals surface area contributed by atoms with Crippen molar-refractivity contribution in [3.8, 4) is 28.8 Å². The second kappa shape index (κ2) is 9.47. The van der Waals surface area contributed by atoms with E-state index in [2.05, 4.69) is 4.98 Å². The van der Waals surface area contributed by atoms with E-state index in [9.17, 15) is 4.79 Å². The molecule has 1 fully saturated rings. The van der Waals surface area contributed by atoms with E-state index in [4.69, 9.17) is 20.8 Å². The van der Waals surface area contributed by atoms with Crippen molar-refractivity contribution >= 4 is 22.6 Å². The zero-order chi connectivity index (χ0) is 24.4. The highest BCUT2D eigenvalue weighted by atomic mass is 16.5. The van der Waals surface area contributed by atoms with Crippen LogP contribution in [0.4, 0.5) is 5.82 Å². The molecule has 1 amide bonds. The molecule has 1 aliphatic rings. The van der Waals surface area contributed by atoms with E-state index in [0.29, 0.717) is 18.9 Å². The number of hydrogen-bond acceptors (Lipinski definition) is 6. The number of fused-ring (bicyclic) bond motifs is 1. The number of aryl methyl sites for hydroxylation is 1. The van der Waals surface area contributed by atoms with Crippen molar-refractivity contribution in [1.82, 2.24) is 19.7 Å². The van der Waals surface area contributed by atoms with Gasteiger partial charge in [-0.05, 0) is 61.7 Å². The van der Waals surface area contributed by atoms with Gasteiger partial charge in [-0.3, -0.25) is 9.48 Å². The summed E-state index contributed by atoms with van der Waals surface area (Å²) >= 11 is 0. The number of anilines is 1. The van der Waals surface area contributed by atoms with Crippen molar-refractivity contribution < 1.29 is 9.53 Å². The van der Waals surface area contributed by atoms with Crippen LogP contribution in [0.5, 0.6) is 11.5 Å². The van der Waals surface area contributed by atoms with E-state index in [1.54, 1.807) is 11.1 Å². The summed E-state index contributed by atoms with van der Waals surface area (Å²) in [6, 6.07) is 19.4. The van der Waals surface area contributed by atoms with Gasteiger partial charge in [0.1, 0.15) is 29.4 Å². The molecule has 1 atom stereocenters. The number of piperidine rings is 1. The summed E-state index contributed by atoms with van der Waals surface area (Å²) in [6.45, 7) is 3.20.